The summed E-state index contributed by atoms with van der Waals surface area (Å²) in [6, 6.07) is 0. The third kappa shape index (κ3) is 1.98. The zero-order chi connectivity index (χ0) is 13.7. The van der Waals surface area contributed by atoms with Crippen LogP contribution in [-0.2, 0) is 14.3 Å². The summed E-state index contributed by atoms with van der Waals surface area (Å²) < 4.78 is 11.2. The average Bonchev–Trinajstić information content (AvgIpc) is 2.46. The summed E-state index contributed by atoms with van der Waals surface area (Å²) in [6.45, 7) is 7.49. The summed E-state index contributed by atoms with van der Waals surface area (Å²) in [4.78, 5) is 14.7. The minimum Gasteiger partial charge on any atom is -0.378 e. The molecule has 0 aromatic carbocycles. The van der Waals surface area contributed by atoms with Crippen LogP contribution in [0, 0.1) is 11.3 Å². The highest BCUT2D eigenvalue weighted by atomic mass is 35.5. The van der Waals surface area contributed by atoms with Crippen molar-refractivity contribution in [2.24, 2.45) is 17.1 Å². The molecule has 2 heterocycles. The van der Waals surface area contributed by atoms with Gasteiger partial charge in [0.15, 0.2) is 0 Å². The quantitative estimate of drug-likeness (QED) is 0.778. The third-order valence-corrected chi connectivity index (χ3v) is 5.34. The Morgan fingerprint density at radius 2 is 1.90 bits per heavy atom. The van der Waals surface area contributed by atoms with Gasteiger partial charge in [0.1, 0.15) is 5.54 Å². The minimum absolute atomic E-state index is 0. The first-order valence-electron chi connectivity index (χ1n) is 7.27. The molecule has 3 aliphatic rings. The van der Waals surface area contributed by atoms with Crippen molar-refractivity contribution in [1.29, 1.82) is 0 Å². The number of morpholine rings is 1. The fourth-order valence-electron chi connectivity index (χ4n) is 4.04. The Morgan fingerprint density at radius 3 is 2.55 bits per heavy atom. The smallest absolute Gasteiger partial charge is 0.243 e. The van der Waals surface area contributed by atoms with Crippen molar-refractivity contribution >= 4 is 18.3 Å². The third-order valence-electron chi connectivity index (χ3n) is 5.34. The highest BCUT2D eigenvalue weighted by Crippen LogP contribution is 2.57. The lowest BCUT2D eigenvalue weighted by molar-refractivity contribution is -0.231. The molecule has 3 rings (SSSR count). The van der Waals surface area contributed by atoms with Crippen LogP contribution in [0.1, 0.15) is 26.7 Å². The SMILES string of the molecule is CC1(C)C2OCCCC2C1(N)C(=O)N1CCOCC1.Cl. The summed E-state index contributed by atoms with van der Waals surface area (Å²) in [7, 11) is 0. The zero-order valence-corrected chi connectivity index (χ0v) is 13.1. The largest absolute Gasteiger partial charge is 0.378 e. The van der Waals surface area contributed by atoms with Gasteiger partial charge in [-0.25, -0.2) is 0 Å². The highest BCUT2D eigenvalue weighted by Gasteiger charge is 2.70. The van der Waals surface area contributed by atoms with E-state index in [0.29, 0.717) is 26.3 Å². The molecule has 1 amide bonds. The molecule has 1 aliphatic carbocycles. The van der Waals surface area contributed by atoms with Crippen LogP contribution in [0.25, 0.3) is 0 Å². The molecule has 20 heavy (non-hydrogen) atoms. The summed E-state index contributed by atoms with van der Waals surface area (Å²) in [5, 5.41) is 0. The monoisotopic (exact) mass is 304 g/mol. The van der Waals surface area contributed by atoms with Gasteiger partial charge in [0, 0.05) is 31.0 Å². The van der Waals surface area contributed by atoms with E-state index in [2.05, 4.69) is 13.8 Å². The van der Waals surface area contributed by atoms with Gasteiger partial charge in [0.05, 0.1) is 19.3 Å². The van der Waals surface area contributed by atoms with E-state index in [1.54, 1.807) is 0 Å². The molecule has 0 bridgehead atoms. The highest BCUT2D eigenvalue weighted by molar-refractivity contribution is 5.89. The minimum atomic E-state index is -0.768. The summed E-state index contributed by atoms with van der Waals surface area (Å²) >= 11 is 0. The van der Waals surface area contributed by atoms with Crippen LogP contribution >= 0.6 is 12.4 Å². The number of hydrogen-bond acceptors (Lipinski definition) is 4. The van der Waals surface area contributed by atoms with Crippen LogP contribution in [-0.4, -0.2) is 55.4 Å². The second kappa shape index (κ2) is 5.44. The first-order chi connectivity index (χ1) is 8.99. The maximum absolute atomic E-state index is 12.9. The van der Waals surface area contributed by atoms with E-state index >= 15 is 0 Å². The van der Waals surface area contributed by atoms with E-state index in [4.69, 9.17) is 15.2 Å². The molecule has 2 saturated heterocycles. The van der Waals surface area contributed by atoms with Crippen molar-refractivity contribution in [3.63, 3.8) is 0 Å². The maximum atomic E-state index is 12.9. The number of nitrogens with zero attached hydrogens (tertiary/aromatic N) is 1. The Labute approximate surface area is 126 Å². The van der Waals surface area contributed by atoms with Gasteiger partial charge in [-0.15, -0.1) is 12.4 Å². The van der Waals surface area contributed by atoms with E-state index in [-0.39, 0.29) is 35.8 Å². The van der Waals surface area contributed by atoms with Crippen molar-refractivity contribution in [1.82, 2.24) is 4.90 Å². The fraction of sp³-hybridized carbons (Fsp3) is 0.929. The van der Waals surface area contributed by atoms with Crippen molar-refractivity contribution < 1.29 is 14.3 Å². The number of carbonyl (C=O) groups is 1. The normalized spacial score (nSPS) is 39.2. The lowest BCUT2D eigenvalue weighted by Crippen LogP contribution is -2.82. The molecule has 2 aliphatic heterocycles. The number of amides is 1. The standard InChI is InChI=1S/C14H24N2O3.ClH/c1-13(2)11-10(4-3-7-19-11)14(13,15)12(17)16-5-8-18-9-6-16;/h10-11H,3-9,15H2,1-2H3;1H. The van der Waals surface area contributed by atoms with Gasteiger partial charge < -0.3 is 20.1 Å². The van der Waals surface area contributed by atoms with Crippen molar-refractivity contribution in [2.45, 2.75) is 38.3 Å². The van der Waals surface area contributed by atoms with Crippen LogP contribution in [0.3, 0.4) is 0 Å². The van der Waals surface area contributed by atoms with Crippen molar-refractivity contribution in [3.8, 4) is 0 Å². The van der Waals surface area contributed by atoms with Gasteiger partial charge in [0.25, 0.3) is 0 Å². The summed E-state index contributed by atoms with van der Waals surface area (Å²) in [5.74, 6) is 0.263. The lowest BCUT2D eigenvalue weighted by Gasteiger charge is -2.65. The fourth-order valence-corrected chi connectivity index (χ4v) is 4.04. The van der Waals surface area contributed by atoms with Crippen LogP contribution < -0.4 is 5.73 Å². The molecular formula is C14H25ClN2O3. The van der Waals surface area contributed by atoms with Gasteiger partial charge in [-0.05, 0) is 12.8 Å². The molecule has 3 fully saturated rings. The number of hydrogen-bond donors (Lipinski definition) is 1. The lowest BCUT2D eigenvalue weighted by atomic mass is 9.46. The number of rotatable bonds is 1. The first kappa shape index (κ1) is 16.0. The van der Waals surface area contributed by atoms with Gasteiger partial charge in [-0.3, -0.25) is 4.79 Å². The maximum Gasteiger partial charge on any atom is 0.243 e. The number of fused-ring (bicyclic) bond motifs is 1. The molecule has 0 radical (unpaired) electrons. The topological polar surface area (TPSA) is 64.8 Å². The van der Waals surface area contributed by atoms with Crippen molar-refractivity contribution in [2.75, 3.05) is 32.9 Å². The van der Waals surface area contributed by atoms with Crippen LogP contribution in [0.2, 0.25) is 0 Å². The Kier molecular flexibility index (Phi) is 4.36. The number of halogens is 1. The van der Waals surface area contributed by atoms with E-state index in [1.807, 2.05) is 4.90 Å². The Balaban J connectivity index is 0.00000147. The molecule has 3 atom stereocenters. The molecule has 5 nitrogen and oxygen atoms in total. The van der Waals surface area contributed by atoms with E-state index in [0.717, 1.165) is 19.4 Å². The van der Waals surface area contributed by atoms with Crippen LogP contribution in [0.5, 0.6) is 0 Å². The molecular weight excluding hydrogens is 280 g/mol. The predicted molar refractivity (Wildman–Crippen MR) is 77.8 cm³/mol. The van der Waals surface area contributed by atoms with Crippen molar-refractivity contribution in [3.05, 3.63) is 0 Å². The molecule has 116 valence electrons. The van der Waals surface area contributed by atoms with E-state index in [1.165, 1.54) is 0 Å². The molecule has 6 heteroatoms. The average molecular weight is 305 g/mol. The molecule has 0 aromatic rings. The Hall–Kier alpha value is -0.360. The van der Waals surface area contributed by atoms with Crippen LogP contribution in [0.15, 0.2) is 0 Å². The first-order valence-corrected chi connectivity index (χ1v) is 7.27. The van der Waals surface area contributed by atoms with Crippen LogP contribution in [0.4, 0.5) is 0 Å². The summed E-state index contributed by atoms with van der Waals surface area (Å²) in [6.07, 6.45) is 2.14. The predicted octanol–water partition coefficient (Wildman–Crippen LogP) is 0.800. The Bertz CT molecular complexity index is 385. The van der Waals surface area contributed by atoms with E-state index in [9.17, 15) is 4.79 Å². The second-order valence-electron chi connectivity index (χ2n) is 6.54. The molecule has 0 spiro atoms. The number of nitrogens with two attached hydrogens (primary N) is 1. The number of carbonyl (C=O) groups excluding carboxylic acids is 1. The molecule has 1 saturated carbocycles. The number of ether oxygens (including phenoxy) is 2. The van der Waals surface area contributed by atoms with Gasteiger partial charge in [-0.2, -0.15) is 0 Å². The van der Waals surface area contributed by atoms with Gasteiger partial charge in [0.2, 0.25) is 5.91 Å². The molecule has 0 aromatic heterocycles. The molecule has 3 unspecified atom stereocenters. The zero-order valence-electron chi connectivity index (χ0n) is 12.3. The van der Waals surface area contributed by atoms with Gasteiger partial charge >= 0.3 is 0 Å². The van der Waals surface area contributed by atoms with Gasteiger partial charge in [-0.1, -0.05) is 13.8 Å². The molecule has 2 N–H and O–H groups in total. The summed E-state index contributed by atoms with van der Waals surface area (Å²) in [5.41, 5.74) is 5.54. The van der Waals surface area contributed by atoms with E-state index < -0.39 is 5.54 Å². The second-order valence-corrected chi connectivity index (χ2v) is 6.54. The Morgan fingerprint density at radius 1 is 1.25 bits per heavy atom.